The maximum absolute atomic E-state index is 11.2. The van der Waals surface area contributed by atoms with E-state index in [1.165, 1.54) is 0 Å². The third kappa shape index (κ3) is 6.96. The van der Waals surface area contributed by atoms with Crippen LogP contribution in [0.5, 0.6) is 0 Å². The summed E-state index contributed by atoms with van der Waals surface area (Å²) in [4.78, 5) is 11.2. The molecule has 2 nitrogen and oxygen atoms in total. The zero-order valence-corrected chi connectivity index (χ0v) is 9.93. The van der Waals surface area contributed by atoms with Crippen molar-refractivity contribution in [3.05, 3.63) is 11.6 Å². The molecule has 0 aromatic carbocycles. The van der Waals surface area contributed by atoms with Crippen molar-refractivity contribution in [1.82, 2.24) is 0 Å². The molecule has 0 aliphatic heterocycles. The summed E-state index contributed by atoms with van der Waals surface area (Å²) in [7, 11) is 0. The van der Waals surface area contributed by atoms with Crippen LogP contribution in [-0.4, -0.2) is 18.5 Å². The van der Waals surface area contributed by atoms with Crippen molar-refractivity contribution in [2.45, 2.75) is 33.6 Å². The minimum absolute atomic E-state index is 0.245. The molecule has 0 aliphatic rings. The second-order valence-corrected chi connectivity index (χ2v) is 3.98. The van der Waals surface area contributed by atoms with Crippen LogP contribution in [0.15, 0.2) is 11.6 Å². The van der Waals surface area contributed by atoms with Crippen LogP contribution in [-0.2, 0) is 9.53 Å². The molecule has 0 saturated carbocycles. The van der Waals surface area contributed by atoms with Crippen molar-refractivity contribution in [2.24, 2.45) is 5.92 Å². The topological polar surface area (TPSA) is 26.3 Å². The molecule has 0 amide bonds. The quantitative estimate of drug-likeness (QED) is 0.296. The van der Waals surface area contributed by atoms with Crippen molar-refractivity contribution in [3.63, 3.8) is 0 Å². The molecule has 0 aromatic heterocycles. The standard InChI is InChI=1S/C11H19ClO2/c1-9(2)10(3)8-11(13)14-7-5-4-6-12/h8-9H,4-7H2,1-3H3/b10-8+. The Hall–Kier alpha value is -0.500. The highest BCUT2D eigenvalue weighted by Gasteiger charge is 2.01. The van der Waals surface area contributed by atoms with Crippen LogP contribution in [0, 0.1) is 5.92 Å². The summed E-state index contributed by atoms with van der Waals surface area (Å²) in [5.74, 6) is 0.773. The first-order chi connectivity index (χ1) is 6.57. The number of halogens is 1. The predicted molar refractivity (Wildman–Crippen MR) is 59.5 cm³/mol. The Morgan fingerprint density at radius 1 is 1.43 bits per heavy atom. The van der Waals surface area contributed by atoms with Crippen LogP contribution < -0.4 is 0 Å². The second-order valence-electron chi connectivity index (χ2n) is 3.61. The fourth-order valence-corrected chi connectivity index (χ4v) is 0.953. The lowest BCUT2D eigenvalue weighted by molar-refractivity contribution is -0.137. The van der Waals surface area contributed by atoms with Crippen molar-refractivity contribution in [2.75, 3.05) is 12.5 Å². The molecule has 0 N–H and O–H groups in total. The molecule has 3 heteroatoms. The van der Waals surface area contributed by atoms with Crippen LogP contribution in [0.1, 0.15) is 33.6 Å². The molecule has 0 aliphatic carbocycles. The average Bonchev–Trinajstić information content (AvgIpc) is 2.12. The van der Waals surface area contributed by atoms with Gasteiger partial charge in [0.05, 0.1) is 6.61 Å². The fourth-order valence-electron chi connectivity index (χ4n) is 0.764. The molecule has 0 unspecified atom stereocenters. The number of alkyl halides is 1. The molecule has 0 bridgehead atoms. The fraction of sp³-hybridized carbons (Fsp3) is 0.727. The maximum Gasteiger partial charge on any atom is 0.330 e. The van der Waals surface area contributed by atoms with Gasteiger partial charge in [0.2, 0.25) is 0 Å². The van der Waals surface area contributed by atoms with E-state index < -0.39 is 0 Å². The Kier molecular flexibility index (Phi) is 7.58. The molecule has 0 saturated heterocycles. The first kappa shape index (κ1) is 13.5. The molecule has 0 rings (SSSR count). The molecular weight excluding hydrogens is 200 g/mol. The molecule has 0 aromatic rings. The number of carbonyl (C=O) groups is 1. The van der Waals surface area contributed by atoms with Crippen molar-refractivity contribution >= 4 is 17.6 Å². The Bertz CT molecular complexity index is 197. The molecule has 0 fully saturated rings. The lowest BCUT2D eigenvalue weighted by Gasteiger charge is -2.05. The number of unbranched alkanes of at least 4 members (excludes halogenated alkanes) is 1. The highest BCUT2D eigenvalue weighted by Crippen LogP contribution is 2.07. The zero-order chi connectivity index (χ0) is 11.0. The zero-order valence-electron chi connectivity index (χ0n) is 9.18. The third-order valence-electron chi connectivity index (χ3n) is 2.03. The molecule has 14 heavy (non-hydrogen) atoms. The lowest BCUT2D eigenvalue weighted by Crippen LogP contribution is -2.04. The van der Waals surface area contributed by atoms with Gasteiger partial charge in [-0.05, 0) is 25.7 Å². The van der Waals surface area contributed by atoms with Gasteiger partial charge in [-0.25, -0.2) is 4.79 Å². The molecule has 0 heterocycles. The Morgan fingerprint density at radius 2 is 2.07 bits per heavy atom. The number of ether oxygens (including phenoxy) is 1. The lowest BCUT2D eigenvalue weighted by atomic mass is 10.1. The summed E-state index contributed by atoms with van der Waals surface area (Å²) in [6.07, 6.45) is 3.29. The number of allylic oxidation sites excluding steroid dienone is 1. The summed E-state index contributed by atoms with van der Waals surface area (Å²) in [6.45, 7) is 6.50. The van der Waals surface area contributed by atoms with Gasteiger partial charge in [0.15, 0.2) is 0 Å². The number of hydrogen-bond acceptors (Lipinski definition) is 2. The Labute approximate surface area is 91.3 Å². The first-order valence-electron chi connectivity index (χ1n) is 4.98. The van der Waals surface area contributed by atoms with Gasteiger partial charge in [-0.2, -0.15) is 0 Å². The maximum atomic E-state index is 11.2. The van der Waals surface area contributed by atoms with E-state index in [9.17, 15) is 4.79 Å². The Balaban J connectivity index is 3.70. The highest BCUT2D eigenvalue weighted by molar-refractivity contribution is 6.17. The molecule has 82 valence electrons. The van der Waals surface area contributed by atoms with E-state index in [0.717, 1.165) is 18.4 Å². The first-order valence-corrected chi connectivity index (χ1v) is 5.52. The van der Waals surface area contributed by atoms with Crippen molar-refractivity contribution in [3.8, 4) is 0 Å². The minimum Gasteiger partial charge on any atom is -0.463 e. The number of hydrogen-bond donors (Lipinski definition) is 0. The van der Waals surface area contributed by atoms with E-state index in [1.54, 1.807) is 6.08 Å². The molecule has 0 atom stereocenters. The average molecular weight is 219 g/mol. The van der Waals surface area contributed by atoms with E-state index in [1.807, 2.05) is 20.8 Å². The van der Waals surface area contributed by atoms with Crippen molar-refractivity contribution in [1.29, 1.82) is 0 Å². The van der Waals surface area contributed by atoms with Gasteiger partial charge < -0.3 is 4.74 Å². The van der Waals surface area contributed by atoms with Crippen LogP contribution in [0.3, 0.4) is 0 Å². The van der Waals surface area contributed by atoms with Crippen LogP contribution in [0.25, 0.3) is 0 Å². The van der Waals surface area contributed by atoms with Gasteiger partial charge in [0.1, 0.15) is 0 Å². The number of rotatable bonds is 6. The summed E-state index contributed by atoms with van der Waals surface area (Å²) in [5.41, 5.74) is 1.05. The van der Waals surface area contributed by atoms with Gasteiger partial charge in [0, 0.05) is 12.0 Å². The predicted octanol–water partition coefficient (Wildman–Crippen LogP) is 3.15. The van der Waals surface area contributed by atoms with Gasteiger partial charge >= 0.3 is 5.97 Å². The van der Waals surface area contributed by atoms with E-state index in [0.29, 0.717) is 18.4 Å². The van der Waals surface area contributed by atoms with Crippen LogP contribution in [0.4, 0.5) is 0 Å². The summed E-state index contributed by atoms with van der Waals surface area (Å²) < 4.78 is 4.99. The Morgan fingerprint density at radius 3 is 2.57 bits per heavy atom. The highest BCUT2D eigenvalue weighted by atomic mass is 35.5. The van der Waals surface area contributed by atoms with Crippen LogP contribution in [0.2, 0.25) is 0 Å². The summed E-state index contributed by atoms with van der Waals surface area (Å²) in [5, 5.41) is 0. The third-order valence-corrected chi connectivity index (χ3v) is 2.30. The van der Waals surface area contributed by atoms with Gasteiger partial charge in [-0.1, -0.05) is 19.4 Å². The smallest absolute Gasteiger partial charge is 0.330 e. The van der Waals surface area contributed by atoms with Crippen LogP contribution >= 0.6 is 11.6 Å². The summed E-state index contributed by atoms with van der Waals surface area (Å²) in [6, 6.07) is 0. The van der Waals surface area contributed by atoms with E-state index >= 15 is 0 Å². The summed E-state index contributed by atoms with van der Waals surface area (Å²) >= 11 is 5.49. The van der Waals surface area contributed by atoms with Gasteiger partial charge in [0.25, 0.3) is 0 Å². The molecular formula is C11H19ClO2. The molecule has 0 radical (unpaired) electrons. The molecule has 0 spiro atoms. The minimum atomic E-state index is -0.245. The normalized spacial score (nSPS) is 11.9. The monoisotopic (exact) mass is 218 g/mol. The largest absolute Gasteiger partial charge is 0.463 e. The van der Waals surface area contributed by atoms with E-state index in [2.05, 4.69) is 0 Å². The second kappa shape index (κ2) is 7.86. The SMILES string of the molecule is C/C(=C\C(=O)OCCCCCl)C(C)C. The van der Waals surface area contributed by atoms with E-state index in [-0.39, 0.29) is 5.97 Å². The number of esters is 1. The van der Waals surface area contributed by atoms with Crippen molar-refractivity contribution < 1.29 is 9.53 Å². The number of carbonyl (C=O) groups excluding carboxylic acids is 1. The van der Waals surface area contributed by atoms with Gasteiger partial charge in [-0.3, -0.25) is 0 Å². The van der Waals surface area contributed by atoms with Gasteiger partial charge in [-0.15, -0.1) is 11.6 Å². The van der Waals surface area contributed by atoms with E-state index in [4.69, 9.17) is 16.3 Å².